The second kappa shape index (κ2) is 15.9. The number of hydrogen-bond acceptors (Lipinski definition) is 9. The van der Waals surface area contributed by atoms with E-state index in [9.17, 15) is 9.90 Å². The molecule has 238 valence electrons. The second-order valence-electron chi connectivity index (χ2n) is 11.1. The molecule has 2 fully saturated rings. The van der Waals surface area contributed by atoms with Crippen molar-refractivity contribution in [2.24, 2.45) is 5.92 Å². The maximum absolute atomic E-state index is 14.5. The number of likely N-dealkylation sites (tertiary alicyclic amines) is 1. The third kappa shape index (κ3) is 7.78. The van der Waals surface area contributed by atoms with Gasteiger partial charge in [-0.2, -0.15) is 0 Å². The van der Waals surface area contributed by atoms with E-state index >= 15 is 0 Å². The van der Waals surface area contributed by atoms with E-state index in [2.05, 4.69) is 0 Å². The van der Waals surface area contributed by atoms with E-state index in [0.717, 1.165) is 44.1 Å². The fourth-order valence-electron chi connectivity index (χ4n) is 6.42. The first-order chi connectivity index (χ1) is 20.9. The Balaban J connectivity index is 1.49. The average Bonchev–Trinajstić information content (AvgIpc) is 3.06. The Morgan fingerprint density at radius 1 is 0.791 bits per heavy atom. The van der Waals surface area contributed by atoms with E-state index in [1.165, 1.54) is 6.42 Å². The molecule has 10 nitrogen and oxygen atoms in total. The van der Waals surface area contributed by atoms with Gasteiger partial charge in [0.15, 0.2) is 29.3 Å². The number of nitrogens with zero attached hydrogens (tertiary/aromatic N) is 1. The fourth-order valence-corrected chi connectivity index (χ4v) is 6.42. The maximum atomic E-state index is 14.5. The topological polar surface area (TPSA) is 105 Å². The summed E-state index contributed by atoms with van der Waals surface area (Å²) in [5.41, 5.74) is 0.842. The smallest absolute Gasteiger partial charge is 0.230 e. The molecule has 1 saturated carbocycles. The Labute approximate surface area is 255 Å². The first-order valence-corrected chi connectivity index (χ1v) is 15.2. The standard InChI is InChI=1S/C33H47NO9/c1-37-26-15-14-24(21-27(26)38-2)42-17-18-43-33(36)25-13-9-10-16-34(25)32(35)30(22-11-7-6-8-12-22)23-19-28(39-3)31(41-5)29(20-23)40-4/h14-15,19-22,25,30,33,36H,6-13,16-18H2,1-5H3/t25-,30-,33?/m0/s1. The summed E-state index contributed by atoms with van der Waals surface area (Å²) in [4.78, 5) is 16.3. The summed E-state index contributed by atoms with van der Waals surface area (Å²) in [5.74, 6) is 3.13. The average molecular weight is 602 g/mol. The molecule has 2 aliphatic rings. The molecule has 2 aromatic rings. The highest BCUT2D eigenvalue weighted by molar-refractivity contribution is 5.85. The number of ether oxygens (including phenoxy) is 7. The van der Waals surface area contributed by atoms with Crippen molar-refractivity contribution in [1.29, 1.82) is 0 Å². The fraction of sp³-hybridized carbons (Fsp3) is 0.606. The molecule has 0 bridgehead atoms. The van der Waals surface area contributed by atoms with Gasteiger partial charge in [0, 0.05) is 12.6 Å². The van der Waals surface area contributed by atoms with E-state index in [-0.39, 0.29) is 25.0 Å². The van der Waals surface area contributed by atoms with Crippen LogP contribution in [0.3, 0.4) is 0 Å². The van der Waals surface area contributed by atoms with Crippen LogP contribution in [0.4, 0.5) is 0 Å². The molecule has 1 aliphatic carbocycles. The van der Waals surface area contributed by atoms with Crippen LogP contribution in [0.2, 0.25) is 0 Å². The van der Waals surface area contributed by atoms with Gasteiger partial charge >= 0.3 is 0 Å². The van der Waals surface area contributed by atoms with Crippen molar-refractivity contribution in [3.05, 3.63) is 35.9 Å². The van der Waals surface area contributed by atoms with Crippen molar-refractivity contribution in [2.45, 2.75) is 69.6 Å². The van der Waals surface area contributed by atoms with Gasteiger partial charge < -0.3 is 43.2 Å². The molecule has 0 radical (unpaired) electrons. The van der Waals surface area contributed by atoms with Gasteiger partial charge in [-0.15, -0.1) is 0 Å². The Hall–Kier alpha value is -3.37. The summed E-state index contributed by atoms with van der Waals surface area (Å²) in [5, 5.41) is 11.2. The zero-order valence-electron chi connectivity index (χ0n) is 26.1. The summed E-state index contributed by atoms with van der Waals surface area (Å²) in [6.07, 6.45) is 6.62. The summed E-state index contributed by atoms with van der Waals surface area (Å²) >= 11 is 0. The van der Waals surface area contributed by atoms with Gasteiger partial charge in [-0.25, -0.2) is 0 Å². The van der Waals surface area contributed by atoms with E-state index in [1.54, 1.807) is 53.7 Å². The van der Waals surface area contributed by atoms with Crippen LogP contribution in [0.1, 0.15) is 62.8 Å². The van der Waals surface area contributed by atoms with Crippen molar-refractivity contribution in [2.75, 3.05) is 55.3 Å². The van der Waals surface area contributed by atoms with Crippen molar-refractivity contribution in [1.82, 2.24) is 4.90 Å². The number of aliphatic hydroxyl groups is 1. The summed E-state index contributed by atoms with van der Waals surface area (Å²) < 4.78 is 39.1. The molecule has 4 rings (SSSR count). The maximum Gasteiger partial charge on any atom is 0.230 e. The number of rotatable bonds is 14. The van der Waals surface area contributed by atoms with E-state index in [4.69, 9.17) is 33.2 Å². The first-order valence-electron chi connectivity index (χ1n) is 15.2. The van der Waals surface area contributed by atoms with Gasteiger partial charge in [0.1, 0.15) is 12.4 Å². The van der Waals surface area contributed by atoms with Crippen LogP contribution in [-0.4, -0.2) is 83.6 Å². The molecule has 0 aromatic heterocycles. The molecule has 1 saturated heterocycles. The van der Waals surface area contributed by atoms with E-state index in [0.29, 0.717) is 47.5 Å². The lowest BCUT2D eigenvalue weighted by atomic mass is 9.75. The minimum Gasteiger partial charge on any atom is -0.493 e. The van der Waals surface area contributed by atoms with Crippen LogP contribution in [0, 0.1) is 5.92 Å². The zero-order valence-corrected chi connectivity index (χ0v) is 26.1. The molecular weight excluding hydrogens is 554 g/mol. The van der Waals surface area contributed by atoms with Gasteiger partial charge in [-0.1, -0.05) is 19.3 Å². The highest BCUT2D eigenvalue weighted by Crippen LogP contribution is 2.45. The lowest BCUT2D eigenvalue weighted by molar-refractivity contribution is -0.170. The highest BCUT2D eigenvalue weighted by atomic mass is 16.6. The summed E-state index contributed by atoms with van der Waals surface area (Å²) in [6.45, 7) is 0.954. The van der Waals surface area contributed by atoms with Crippen LogP contribution in [0.25, 0.3) is 0 Å². The van der Waals surface area contributed by atoms with Crippen molar-refractivity contribution in [3.8, 4) is 34.5 Å². The number of carbonyl (C=O) groups excluding carboxylic acids is 1. The number of amides is 1. The first kappa shape index (κ1) is 32.5. The molecule has 1 N–H and O–H groups in total. The molecule has 1 heterocycles. The van der Waals surface area contributed by atoms with Gasteiger partial charge in [0.05, 0.1) is 54.1 Å². The molecule has 3 atom stereocenters. The van der Waals surface area contributed by atoms with Gasteiger partial charge in [0.2, 0.25) is 11.7 Å². The molecule has 0 spiro atoms. The molecule has 43 heavy (non-hydrogen) atoms. The molecule has 1 aliphatic heterocycles. The van der Waals surface area contributed by atoms with E-state index < -0.39 is 18.2 Å². The number of carbonyl (C=O) groups is 1. The van der Waals surface area contributed by atoms with Crippen LogP contribution in [-0.2, 0) is 9.53 Å². The van der Waals surface area contributed by atoms with Crippen molar-refractivity contribution in [3.63, 3.8) is 0 Å². The number of benzene rings is 2. The SMILES string of the molecule is COc1ccc(OCCOC(O)[C@@H]2CCCCN2C(=O)[C@H](c2cc(OC)c(OC)c(OC)c2)C2CCCCC2)cc1OC. The molecule has 1 unspecified atom stereocenters. The number of aliphatic hydroxyl groups excluding tert-OH is 1. The Morgan fingerprint density at radius 3 is 2.07 bits per heavy atom. The second-order valence-corrected chi connectivity index (χ2v) is 11.1. The highest BCUT2D eigenvalue weighted by Gasteiger charge is 2.40. The molecule has 10 heteroatoms. The van der Waals surface area contributed by atoms with Gasteiger partial charge in [-0.3, -0.25) is 4.79 Å². The lowest BCUT2D eigenvalue weighted by Gasteiger charge is -2.42. The minimum atomic E-state index is -1.13. The van der Waals surface area contributed by atoms with Gasteiger partial charge in [-0.05, 0) is 67.9 Å². The van der Waals surface area contributed by atoms with Crippen LogP contribution < -0.4 is 28.4 Å². The van der Waals surface area contributed by atoms with Crippen LogP contribution in [0.15, 0.2) is 30.3 Å². The minimum absolute atomic E-state index is 0.00935. The van der Waals surface area contributed by atoms with Crippen LogP contribution >= 0.6 is 0 Å². The Morgan fingerprint density at radius 2 is 1.44 bits per heavy atom. The molecule has 2 aromatic carbocycles. The molecular formula is C33H47NO9. The largest absolute Gasteiger partial charge is 0.493 e. The molecule has 1 amide bonds. The monoisotopic (exact) mass is 601 g/mol. The number of piperidine rings is 1. The summed E-state index contributed by atoms with van der Waals surface area (Å²) in [7, 11) is 7.89. The van der Waals surface area contributed by atoms with Gasteiger partial charge in [0.25, 0.3) is 0 Å². The number of methoxy groups -OCH3 is 5. The third-order valence-corrected chi connectivity index (χ3v) is 8.59. The summed E-state index contributed by atoms with van der Waals surface area (Å²) in [6, 6.07) is 8.65. The number of hydrogen-bond donors (Lipinski definition) is 1. The quantitative estimate of drug-likeness (QED) is 0.231. The normalized spacial score (nSPS) is 18.8. The predicted octanol–water partition coefficient (Wildman–Crippen LogP) is 5.19. The lowest BCUT2D eigenvalue weighted by Crippen LogP contribution is -2.53. The Bertz CT molecular complexity index is 1160. The van der Waals surface area contributed by atoms with E-state index in [1.807, 2.05) is 17.0 Å². The zero-order chi connectivity index (χ0) is 30.8. The van der Waals surface area contributed by atoms with Crippen molar-refractivity contribution >= 4 is 5.91 Å². The van der Waals surface area contributed by atoms with Crippen LogP contribution in [0.5, 0.6) is 34.5 Å². The Kier molecular flexibility index (Phi) is 12.0. The van der Waals surface area contributed by atoms with Crippen molar-refractivity contribution < 1.29 is 43.1 Å². The third-order valence-electron chi connectivity index (χ3n) is 8.59. The predicted molar refractivity (Wildman–Crippen MR) is 162 cm³/mol.